The molecule has 168 valence electrons. The van der Waals surface area contributed by atoms with E-state index in [0.717, 1.165) is 27.6 Å². The first-order valence-electron chi connectivity index (χ1n) is 9.87. The second kappa shape index (κ2) is 9.40. The molecule has 0 radical (unpaired) electrons. The number of carbonyl (C=O) groups is 1. The van der Waals surface area contributed by atoms with Crippen molar-refractivity contribution >= 4 is 27.7 Å². The molecule has 0 spiro atoms. The normalized spacial score (nSPS) is 16.8. The zero-order chi connectivity index (χ0) is 22.7. The van der Waals surface area contributed by atoms with Crippen molar-refractivity contribution in [2.75, 3.05) is 12.3 Å². The van der Waals surface area contributed by atoms with Crippen LogP contribution in [0.2, 0.25) is 0 Å². The molecule has 1 atom stereocenters. The maximum atomic E-state index is 13.8. The standard InChI is InChI=1S/C23H20F2N2O3S2.H2/c24-20-7-4-8-21(25)19(20)15-26-22(28)23-27(13-14-31-23)32(29,30)18-11-9-17(10-12-18)16-5-2-1-3-6-16;/h1-12,23H,13-15H2,(H,26,28);1H. The number of nitrogens with zero attached hydrogens (tertiary/aromatic N) is 1. The summed E-state index contributed by atoms with van der Waals surface area (Å²) in [7, 11) is -3.93. The van der Waals surface area contributed by atoms with Crippen LogP contribution in [0.1, 0.15) is 6.99 Å². The number of hydrogen-bond acceptors (Lipinski definition) is 4. The van der Waals surface area contributed by atoms with Gasteiger partial charge in [0.25, 0.3) is 0 Å². The third-order valence-corrected chi connectivity index (χ3v) is 8.36. The number of carbonyl (C=O) groups excluding carboxylic acids is 1. The Hall–Kier alpha value is -2.75. The Balaban J connectivity index is 0.00000306. The van der Waals surface area contributed by atoms with Crippen LogP contribution in [0.4, 0.5) is 8.78 Å². The van der Waals surface area contributed by atoms with Gasteiger partial charge in [0.2, 0.25) is 15.9 Å². The van der Waals surface area contributed by atoms with Crippen molar-refractivity contribution in [1.82, 2.24) is 9.62 Å². The fraction of sp³-hybridized carbons (Fsp3) is 0.174. The van der Waals surface area contributed by atoms with Crippen LogP contribution < -0.4 is 5.32 Å². The molecule has 1 N–H and O–H groups in total. The molecule has 1 heterocycles. The maximum Gasteiger partial charge on any atom is 0.249 e. The first kappa shape index (κ1) is 22.4. The van der Waals surface area contributed by atoms with E-state index >= 15 is 0 Å². The van der Waals surface area contributed by atoms with Gasteiger partial charge in [-0.25, -0.2) is 17.2 Å². The average Bonchev–Trinajstić information content (AvgIpc) is 3.30. The fourth-order valence-electron chi connectivity index (χ4n) is 3.46. The number of amides is 1. The highest BCUT2D eigenvalue weighted by Gasteiger charge is 2.40. The molecular weight excluding hydrogens is 454 g/mol. The summed E-state index contributed by atoms with van der Waals surface area (Å²) in [5, 5.41) is 1.45. The van der Waals surface area contributed by atoms with Gasteiger partial charge in [-0.3, -0.25) is 4.79 Å². The van der Waals surface area contributed by atoms with Crippen LogP contribution in [0, 0.1) is 11.6 Å². The molecule has 3 aromatic carbocycles. The van der Waals surface area contributed by atoms with Crippen molar-refractivity contribution in [3.8, 4) is 11.1 Å². The molecule has 0 aromatic heterocycles. The van der Waals surface area contributed by atoms with Gasteiger partial charge in [-0.2, -0.15) is 4.31 Å². The molecule has 1 aliphatic heterocycles. The fourth-order valence-corrected chi connectivity index (χ4v) is 6.56. The molecule has 1 unspecified atom stereocenters. The average molecular weight is 477 g/mol. The minimum atomic E-state index is -3.93. The van der Waals surface area contributed by atoms with Gasteiger partial charge in [0.1, 0.15) is 17.0 Å². The van der Waals surface area contributed by atoms with E-state index in [1.54, 1.807) is 12.1 Å². The van der Waals surface area contributed by atoms with E-state index in [4.69, 9.17) is 0 Å². The second-order valence-electron chi connectivity index (χ2n) is 7.15. The van der Waals surface area contributed by atoms with E-state index in [1.165, 1.54) is 30.0 Å². The largest absolute Gasteiger partial charge is 0.350 e. The van der Waals surface area contributed by atoms with E-state index in [-0.39, 0.29) is 25.0 Å². The highest BCUT2D eigenvalue weighted by molar-refractivity contribution is 8.02. The van der Waals surface area contributed by atoms with Crippen LogP contribution in [-0.4, -0.2) is 36.3 Å². The molecule has 1 aliphatic rings. The Morgan fingerprint density at radius 1 is 0.969 bits per heavy atom. The number of thioether (sulfide) groups is 1. The minimum absolute atomic E-state index is 0. The summed E-state index contributed by atoms with van der Waals surface area (Å²) in [6.07, 6.45) is 0. The van der Waals surface area contributed by atoms with Crippen molar-refractivity contribution < 1.29 is 23.4 Å². The van der Waals surface area contributed by atoms with Gasteiger partial charge in [0.15, 0.2) is 0 Å². The Labute approximate surface area is 191 Å². The molecule has 9 heteroatoms. The minimum Gasteiger partial charge on any atom is -0.350 e. The summed E-state index contributed by atoms with van der Waals surface area (Å²) in [6, 6.07) is 19.5. The Bertz CT molecular complexity index is 1210. The molecule has 5 nitrogen and oxygen atoms in total. The third kappa shape index (κ3) is 4.55. The van der Waals surface area contributed by atoms with Gasteiger partial charge in [-0.1, -0.05) is 48.5 Å². The molecule has 4 rings (SSSR count). The first-order valence-corrected chi connectivity index (χ1v) is 12.4. The van der Waals surface area contributed by atoms with Crippen molar-refractivity contribution in [3.05, 3.63) is 90.0 Å². The second-order valence-corrected chi connectivity index (χ2v) is 10.2. The Kier molecular flexibility index (Phi) is 6.59. The molecule has 32 heavy (non-hydrogen) atoms. The van der Waals surface area contributed by atoms with Gasteiger partial charge in [-0.15, -0.1) is 11.8 Å². The van der Waals surface area contributed by atoms with E-state index in [1.807, 2.05) is 30.3 Å². The summed E-state index contributed by atoms with van der Waals surface area (Å²) in [4.78, 5) is 12.8. The quantitative estimate of drug-likeness (QED) is 0.578. The summed E-state index contributed by atoms with van der Waals surface area (Å²) in [6.45, 7) is -0.201. The lowest BCUT2D eigenvalue weighted by molar-refractivity contribution is -0.122. The Morgan fingerprint density at radius 2 is 1.59 bits per heavy atom. The lowest BCUT2D eigenvalue weighted by atomic mass is 10.1. The summed E-state index contributed by atoms with van der Waals surface area (Å²) in [5.41, 5.74) is 1.57. The van der Waals surface area contributed by atoms with Crippen molar-refractivity contribution in [2.24, 2.45) is 0 Å². The van der Waals surface area contributed by atoms with Gasteiger partial charge >= 0.3 is 0 Å². The van der Waals surface area contributed by atoms with Crippen LogP contribution >= 0.6 is 11.8 Å². The number of halogens is 2. The molecule has 0 bridgehead atoms. The first-order chi connectivity index (χ1) is 15.4. The van der Waals surface area contributed by atoms with Gasteiger partial charge < -0.3 is 5.32 Å². The number of nitrogens with one attached hydrogen (secondary N) is 1. The lowest BCUT2D eigenvalue weighted by Gasteiger charge is -2.22. The topological polar surface area (TPSA) is 66.5 Å². The number of sulfonamides is 1. The smallest absolute Gasteiger partial charge is 0.249 e. The van der Waals surface area contributed by atoms with Crippen LogP contribution in [0.5, 0.6) is 0 Å². The van der Waals surface area contributed by atoms with Crippen molar-refractivity contribution in [1.29, 1.82) is 0 Å². The van der Waals surface area contributed by atoms with E-state index < -0.39 is 32.9 Å². The maximum absolute atomic E-state index is 13.8. The van der Waals surface area contributed by atoms with Crippen molar-refractivity contribution in [3.63, 3.8) is 0 Å². The SMILES string of the molecule is O=C(NCc1c(F)cccc1F)C1SCCN1S(=O)(=O)c1ccc(-c2ccccc2)cc1.[HH]. The van der Waals surface area contributed by atoms with E-state index in [9.17, 15) is 22.0 Å². The highest BCUT2D eigenvalue weighted by atomic mass is 32.2. The third-order valence-electron chi connectivity index (χ3n) is 5.14. The van der Waals surface area contributed by atoms with Crippen LogP contribution in [0.25, 0.3) is 11.1 Å². The number of rotatable bonds is 6. The summed E-state index contributed by atoms with van der Waals surface area (Å²) < 4.78 is 55.1. The number of benzene rings is 3. The van der Waals surface area contributed by atoms with E-state index in [0.29, 0.717) is 5.75 Å². The van der Waals surface area contributed by atoms with Crippen LogP contribution in [0.15, 0.2) is 77.7 Å². The van der Waals surface area contributed by atoms with Crippen LogP contribution in [-0.2, 0) is 21.4 Å². The molecule has 0 aliphatic carbocycles. The van der Waals surface area contributed by atoms with E-state index in [2.05, 4.69) is 5.32 Å². The molecule has 3 aromatic rings. The Morgan fingerprint density at radius 3 is 2.25 bits per heavy atom. The van der Waals surface area contributed by atoms with Gasteiger partial charge in [-0.05, 0) is 35.4 Å². The molecule has 1 saturated heterocycles. The van der Waals surface area contributed by atoms with Crippen molar-refractivity contribution in [2.45, 2.75) is 16.8 Å². The highest BCUT2D eigenvalue weighted by Crippen LogP contribution is 2.31. The van der Waals surface area contributed by atoms with Crippen LogP contribution in [0.3, 0.4) is 0 Å². The summed E-state index contributed by atoms with van der Waals surface area (Å²) in [5.74, 6) is -1.72. The molecule has 0 saturated carbocycles. The van der Waals surface area contributed by atoms with Gasteiger partial charge in [0, 0.05) is 25.8 Å². The zero-order valence-corrected chi connectivity index (χ0v) is 18.5. The predicted molar refractivity (Wildman–Crippen MR) is 122 cm³/mol. The lowest BCUT2D eigenvalue weighted by Crippen LogP contribution is -2.44. The molecular formula is C23H22F2N2O3S2. The monoisotopic (exact) mass is 476 g/mol. The number of hydrogen-bond donors (Lipinski definition) is 1. The van der Waals surface area contributed by atoms with Gasteiger partial charge in [0.05, 0.1) is 4.90 Å². The molecule has 1 fully saturated rings. The molecule has 1 amide bonds. The summed E-state index contributed by atoms with van der Waals surface area (Å²) >= 11 is 1.17. The predicted octanol–water partition coefficient (Wildman–Crippen LogP) is 4.26. The zero-order valence-electron chi connectivity index (χ0n) is 16.9.